The van der Waals surface area contributed by atoms with Crippen molar-refractivity contribution in [3.8, 4) is 0 Å². The number of nitrogens with one attached hydrogen (secondary N) is 1. The summed E-state index contributed by atoms with van der Waals surface area (Å²) in [6.45, 7) is 4.25. The van der Waals surface area contributed by atoms with Gasteiger partial charge in [0.1, 0.15) is 0 Å². The molecule has 0 fully saturated rings. The molecule has 0 spiro atoms. The molecule has 0 aliphatic carbocycles. The van der Waals surface area contributed by atoms with Crippen LogP contribution in [-0.4, -0.2) is 23.5 Å². The third-order valence-corrected chi connectivity index (χ3v) is 3.63. The van der Waals surface area contributed by atoms with Crippen molar-refractivity contribution in [1.29, 1.82) is 0 Å². The Morgan fingerprint density at radius 3 is 2.14 bits per heavy atom. The Morgan fingerprint density at radius 2 is 1.67 bits per heavy atom. The number of benzene rings is 1. The van der Waals surface area contributed by atoms with Crippen molar-refractivity contribution in [1.82, 2.24) is 5.32 Å². The van der Waals surface area contributed by atoms with Crippen LogP contribution >= 0.6 is 0 Å². The summed E-state index contributed by atoms with van der Waals surface area (Å²) in [5.41, 5.74) is 0.716. The lowest BCUT2D eigenvalue weighted by molar-refractivity contribution is -0.138. The highest BCUT2D eigenvalue weighted by Crippen LogP contribution is 2.17. The summed E-state index contributed by atoms with van der Waals surface area (Å²) >= 11 is 0. The number of carbonyl (C=O) groups excluding carboxylic acids is 1. The van der Waals surface area contributed by atoms with Crippen LogP contribution in [0.25, 0.3) is 0 Å². The fourth-order valence-corrected chi connectivity index (χ4v) is 2.48. The lowest BCUT2D eigenvalue weighted by Gasteiger charge is -2.18. The van der Waals surface area contributed by atoms with E-state index in [1.807, 2.05) is 18.2 Å². The van der Waals surface area contributed by atoms with Crippen molar-refractivity contribution in [2.24, 2.45) is 5.92 Å². The van der Waals surface area contributed by atoms with Crippen LogP contribution in [0.5, 0.6) is 0 Å². The average molecular weight is 291 g/mol. The fourth-order valence-electron chi connectivity index (χ4n) is 2.48. The molecule has 0 bridgehead atoms. The van der Waals surface area contributed by atoms with Crippen LogP contribution < -0.4 is 5.32 Å². The van der Waals surface area contributed by atoms with E-state index in [9.17, 15) is 14.7 Å². The smallest absolute Gasteiger partial charge is 0.312 e. The van der Waals surface area contributed by atoms with Gasteiger partial charge in [-0.05, 0) is 18.4 Å². The molecular formula is C17H25NO3. The van der Waals surface area contributed by atoms with Crippen molar-refractivity contribution in [2.75, 3.05) is 6.54 Å². The van der Waals surface area contributed by atoms with Gasteiger partial charge in [0.2, 0.25) is 5.91 Å². The SMILES string of the molecule is CCCC(CCC)C(=O)NCC(C(=O)O)c1ccccc1. The van der Waals surface area contributed by atoms with Crippen molar-refractivity contribution < 1.29 is 14.7 Å². The number of carbonyl (C=O) groups is 2. The highest BCUT2D eigenvalue weighted by atomic mass is 16.4. The average Bonchev–Trinajstić information content (AvgIpc) is 2.48. The van der Waals surface area contributed by atoms with E-state index in [4.69, 9.17) is 0 Å². The third-order valence-electron chi connectivity index (χ3n) is 3.63. The molecule has 1 unspecified atom stereocenters. The van der Waals surface area contributed by atoms with Crippen LogP contribution in [0.1, 0.15) is 51.0 Å². The van der Waals surface area contributed by atoms with Crippen LogP contribution in [0.3, 0.4) is 0 Å². The van der Waals surface area contributed by atoms with Crippen molar-refractivity contribution in [2.45, 2.75) is 45.4 Å². The summed E-state index contributed by atoms with van der Waals surface area (Å²) in [4.78, 5) is 23.6. The minimum Gasteiger partial charge on any atom is -0.481 e. The molecule has 0 saturated heterocycles. The Balaban J connectivity index is 2.65. The molecule has 4 heteroatoms. The molecule has 1 aromatic carbocycles. The zero-order chi connectivity index (χ0) is 15.7. The summed E-state index contributed by atoms with van der Waals surface area (Å²) in [6.07, 6.45) is 3.61. The van der Waals surface area contributed by atoms with Gasteiger partial charge in [-0.25, -0.2) is 0 Å². The van der Waals surface area contributed by atoms with Gasteiger partial charge < -0.3 is 10.4 Å². The van der Waals surface area contributed by atoms with Crippen molar-refractivity contribution in [3.05, 3.63) is 35.9 Å². The maximum Gasteiger partial charge on any atom is 0.312 e. The zero-order valence-corrected chi connectivity index (χ0v) is 12.8. The highest BCUT2D eigenvalue weighted by Gasteiger charge is 2.22. The molecule has 0 heterocycles. The van der Waals surface area contributed by atoms with E-state index < -0.39 is 11.9 Å². The predicted octanol–water partition coefficient (Wildman–Crippen LogP) is 3.19. The molecule has 0 aromatic heterocycles. The molecule has 1 atom stereocenters. The Morgan fingerprint density at radius 1 is 1.10 bits per heavy atom. The van der Waals surface area contributed by atoms with E-state index in [2.05, 4.69) is 19.2 Å². The van der Waals surface area contributed by atoms with Crippen LogP contribution in [0.15, 0.2) is 30.3 Å². The lowest BCUT2D eigenvalue weighted by Crippen LogP contribution is -2.35. The molecule has 116 valence electrons. The number of rotatable bonds is 9. The van der Waals surface area contributed by atoms with Crippen molar-refractivity contribution >= 4 is 11.9 Å². The highest BCUT2D eigenvalue weighted by molar-refractivity contribution is 5.81. The number of aliphatic carboxylic acids is 1. The summed E-state index contributed by atoms with van der Waals surface area (Å²) in [6, 6.07) is 9.02. The molecule has 2 N–H and O–H groups in total. The van der Waals surface area contributed by atoms with Gasteiger partial charge in [-0.1, -0.05) is 57.0 Å². The Bertz CT molecular complexity index is 439. The predicted molar refractivity (Wildman–Crippen MR) is 83.1 cm³/mol. The molecule has 4 nitrogen and oxygen atoms in total. The largest absolute Gasteiger partial charge is 0.481 e. The number of hydrogen-bond acceptors (Lipinski definition) is 2. The van der Waals surface area contributed by atoms with Gasteiger partial charge in [-0.2, -0.15) is 0 Å². The topological polar surface area (TPSA) is 66.4 Å². The van der Waals surface area contributed by atoms with Gasteiger partial charge in [0.25, 0.3) is 0 Å². The van der Waals surface area contributed by atoms with E-state index in [0.717, 1.165) is 25.7 Å². The van der Waals surface area contributed by atoms with Crippen molar-refractivity contribution in [3.63, 3.8) is 0 Å². The molecular weight excluding hydrogens is 266 g/mol. The first kappa shape index (κ1) is 17.2. The van der Waals surface area contributed by atoms with Crippen LogP contribution in [0.2, 0.25) is 0 Å². The minimum atomic E-state index is -0.913. The first-order valence-electron chi connectivity index (χ1n) is 7.65. The molecule has 0 saturated carbocycles. The number of hydrogen-bond donors (Lipinski definition) is 2. The normalized spacial score (nSPS) is 12.1. The second kappa shape index (κ2) is 9.16. The second-order valence-corrected chi connectivity index (χ2v) is 5.32. The van der Waals surface area contributed by atoms with Crippen LogP contribution in [0.4, 0.5) is 0 Å². The zero-order valence-electron chi connectivity index (χ0n) is 12.8. The molecule has 1 rings (SSSR count). The van der Waals surface area contributed by atoms with E-state index in [0.29, 0.717) is 5.56 Å². The Kier molecular flexibility index (Phi) is 7.51. The van der Waals surface area contributed by atoms with Gasteiger partial charge in [-0.3, -0.25) is 9.59 Å². The third kappa shape index (κ3) is 5.58. The molecule has 21 heavy (non-hydrogen) atoms. The second-order valence-electron chi connectivity index (χ2n) is 5.32. The first-order chi connectivity index (χ1) is 10.1. The van der Waals surface area contributed by atoms with Gasteiger partial charge in [-0.15, -0.1) is 0 Å². The maximum absolute atomic E-state index is 12.2. The summed E-state index contributed by atoms with van der Waals surface area (Å²) in [5, 5.41) is 12.1. The molecule has 1 aromatic rings. The Hall–Kier alpha value is -1.84. The van der Waals surface area contributed by atoms with Crippen LogP contribution in [-0.2, 0) is 9.59 Å². The number of carboxylic acid groups (broad SMARTS) is 1. The quantitative estimate of drug-likeness (QED) is 0.734. The van der Waals surface area contributed by atoms with Gasteiger partial charge >= 0.3 is 5.97 Å². The first-order valence-corrected chi connectivity index (χ1v) is 7.65. The van der Waals surface area contributed by atoms with Gasteiger partial charge in [0.05, 0.1) is 5.92 Å². The summed E-state index contributed by atoms with van der Waals surface area (Å²) in [7, 11) is 0. The Labute approximate surface area is 126 Å². The monoisotopic (exact) mass is 291 g/mol. The van der Waals surface area contributed by atoms with E-state index >= 15 is 0 Å². The van der Waals surface area contributed by atoms with Gasteiger partial charge in [0.15, 0.2) is 0 Å². The minimum absolute atomic E-state index is 0.00906. The molecule has 1 amide bonds. The van der Waals surface area contributed by atoms with E-state index in [-0.39, 0.29) is 18.4 Å². The maximum atomic E-state index is 12.2. The standard InChI is InChI=1S/C17H25NO3/c1-3-8-14(9-4-2)16(19)18-12-15(17(20)21)13-10-6-5-7-11-13/h5-7,10-11,14-15H,3-4,8-9,12H2,1-2H3,(H,18,19)(H,20,21). The number of amides is 1. The molecule has 0 aliphatic heterocycles. The number of carboxylic acids is 1. The molecule has 0 radical (unpaired) electrons. The summed E-state index contributed by atoms with van der Waals surface area (Å²) in [5.74, 6) is -1.64. The molecule has 0 aliphatic rings. The van der Waals surface area contributed by atoms with Crippen LogP contribution in [0, 0.1) is 5.92 Å². The van der Waals surface area contributed by atoms with Gasteiger partial charge in [0, 0.05) is 12.5 Å². The van der Waals surface area contributed by atoms with E-state index in [1.165, 1.54) is 0 Å². The lowest BCUT2D eigenvalue weighted by atomic mass is 9.96. The van der Waals surface area contributed by atoms with E-state index in [1.54, 1.807) is 12.1 Å². The summed E-state index contributed by atoms with van der Waals surface area (Å²) < 4.78 is 0. The fraction of sp³-hybridized carbons (Fsp3) is 0.529.